The van der Waals surface area contributed by atoms with Gasteiger partial charge < -0.3 is 0 Å². The van der Waals surface area contributed by atoms with Gasteiger partial charge in [-0.3, -0.25) is 25.0 Å². The van der Waals surface area contributed by atoms with Crippen LogP contribution in [0.4, 0.5) is 0 Å². The molecule has 0 atom stereocenters. The van der Waals surface area contributed by atoms with Crippen LogP contribution >= 0.6 is 11.8 Å². The molecule has 0 aliphatic heterocycles. The van der Waals surface area contributed by atoms with Crippen LogP contribution in [0.5, 0.6) is 0 Å². The molecule has 0 bridgehead atoms. The Labute approximate surface area is 189 Å². The molecule has 0 radical (unpaired) electrons. The SMILES string of the molecule is O=C(CSc1nnc(Cc2ccccc2)n1-c1ccccc1)NNC(=O)c1ccccc1. The number of thioether (sulfide) groups is 1. The maximum atomic E-state index is 12.3. The van der Waals surface area contributed by atoms with E-state index >= 15 is 0 Å². The molecule has 0 saturated heterocycles. The fourth-order valence-corrected chi connectivity index (χ4v) is 3.85. The maximum absolute atomic E-state index is 12.3. The number of rotatable bonds is 7. The number of hydrazine groups is 1. The molecule has 0 spiro atoms. The largest absolute Gasteiger partial charge is 0.274 e. The minimum absolute atomic E-state index is 0.0748. The molecule has 7 nitrogen and oxygen atoms in total. The first-order valence-corrected chi connectivity index (χ1v) is 11.0. The van der Waals surface area contributed by atoms with Crippen LogP contribution in [0.1, 0.15) is 21.7 Å². The minimum atomic E-state index is -0.374. The lowest BCUT2D eigenvalue weighted by atomic mass is 10.1. The van der Waals surface area contributed by atoms with Crippen molar-refractivity contribution in [2.75, 3.05) is 5.75 Å². The van der Waals surface area contributed by atoms with Crippen molar-refractivity contribution in [2.45, 2.75) is 11.6 Å². The van der Waals surface area contributed by atoms with Gasteiger partial charge in [0.05, 0.1) is 5.75 Å². The Hall–Kier alpha value is -3.91. The molecular weight excluding hydrogens is 422 g/mol. The van der Waals surface area contributed by atoms with Gasteiger partial charge in [-0.25, -0.2) is 0 Å². The topological polar surface area (TPSA) is 88.9 Å². The van der Waals surface area contributed by atoms with E-state index in [9.17, 15) is 9.59 Å². The third-order valence-corrected chi connectivity index (χ3v) is 5.53. The molecule has 4 rings (SSSR count). The molecule has 2 N–H and O–H groups in total. The molecule has 0 aliphatic rings. The van der Waals surface area contributed by atoms with Crippen LogP contribution in [0.25, 0.3) is 5.69 Å². The Balaban J connectivity index is 1.44. The average Bonchev–Trinajstić information content (AvgIpc) is 3.25. The van der Waals surface area contributed by atoms with Gasteiger partial charge in [-0.05, 0) is 29.8 Å². The van der Waals surface area contributed by atoms with Crippen LogP contribution in [0.15, 0.2) is 96.2 Å². The Morgan fingerprint density at radius 3 is 2.09 bits per heavy atom. The van der Waals surface area contributed by atoms with E-state index < -0.39 is 0 Å². The van der Waals surface area contributed by atoms with E-state index in [4.69, 9.17) is 0 Å². The fraction of sp³-hybridized carbons (Fsp3) is 0.0833. The first kappa shape index (κ1) is 21.3. The van der Waals surface area contributed by atoms with E-state index in [2.05, 4.69) is 21.0 Å². The van der Waals surface area contributed by atoms with Gasteiger partial charge in [0, 0.05) is 17.7 Å². The number of nitrogens with zero attached hydrogens (tertiary/aromatic N) is 3. The number of nitrogens with one attached hydrogen (secondary N) is 2. The van der Waals surface area contributed by atoms with Crippen molar-refractivity contribution < 1.29 is 9.59 Å². The van der Waals surface area contributed by atoms with E-state index in [-0.39, 0.29) is 17.6 Å². The summed E-state index contributed by atoms with van der Waals surface area (Å²) in [5.74, 6) is 0.140. The van der Waals surface area contributed by atoms with Crippen LogP contribution in [-0.2, 0) is 11.2 Å². The molecule has 160 valence electrons. The molecule has 4 aromatic rings. The Kier molecular flexibility index (Phi) is 6.94. The van der Waals surface area contributed by atoms with Gasteiger partial charge in [0.15, 0.2) is 5.16 Å². The van der Waals surface area contributed by atoms with Crippen LogP contribution in [0.3, 0.4) is 0 Å². The van der Waals surface area contributed by atoms with Crippen LogP contribution in [-0.4, -0.2) is 32.3 Å². The van der Waals surface area contributed by atoms with E-state index in [0.29, 0.717) is 17.1 Å². The predicted octanol–water partition coefficient (Wildman–Crippen LogP) is 3.41. The lowest BCUT2D eigenvalue weighted by Gasteiger charge is -2.11. The van der Waals surface area contributed by atoms with Gasteiger partial charge in [0.1, 0.15) is 5.82 Å². The molecule has 0 saturated carbocycles. The van der Waals surface area contributed by atoms with Crippen molar-refractivity contribution in [3.05, 3.63) is 108 Å². The molecule has 2 amide bonds. The summed E-state index contributed by atoms with van der Waals surface area (Å²) in [6.45, 7) is 0. The van der Waals surface area contributed by atoms with E-state index in [1.165, 1.54) is 11.8 Å². The zero-order valence-electron chi connectivity index (χ0n) is 17.1. The van der Waals surface area contributed by atoms with Crippen molar-refractivity contribution >= 4 is 23.6 Å². The van der Waals surface area contributed by atoms with Crippen molar-refractivity contribution in [2.24, 2.45) is 0 Å². The van der Waals surface area contributed by atoms with E-state index in [0.717, 1.165) is 17.1 Å². The highest BCUT2D eigenvalue weighted by Gasteiger charge is 2.16. The van der Waals surface area contributed by atoms with Crippen LogP contribution in [0, 0.1) is 0 Å². The number of benzene rings is 3. The molecule has 8 heteroatoms. The molecule has 0 fully saturated rings. The van der Waals surface area contributed by atoms with Gasteiger partial charge in [0.2, 0.25) is 5.91 Å². The van der Waals surface area contributed by atoms with E-state index in [1.54, 1.807) is 24.3 Å². The molecule has 1 aromatic heterocycles. The van der Waals surface area contributed by atoms with Crippen molar-refractivity contribution in [1.29, 1.82) is 0 Å². The number of carbonyl (C=O) groups is 2. The smallest absolute Gasteiger partial charge is 0.269 e. The second-order valence-electron chi connectivity index (χ2n) is 6.89. The van der Waals surface area contributed by atoms with Gasteiger partial charge in [-0.15, -0.1) is 10.2 Å². The molecule has 0 unspecified atom stereocenters. The second kappa shape index (κ2) is 10.4. The molecule has 0 aliphatic carbocycles. The number of carbonyl (C=O) groups excluding carboxylic acids is 2. The van der Waals surface area contributed by atoms with Crippen molar-refractivity contribution in [3.63, 3.8) is 0 Å². The summed E-state index contributed by atoms with van der Waals surface area (Å²) < 4.78 is 1.95. The Morgan fingerprint density at radius 2 is 1.41 bits per heavy atom. The third kappa shape index (κ3) is 5.41. The minimum Gasteiger partial charge on any atom is -0.274 e. The van der Waals surface area contributed by atoms with Gasteiger partial charge in [-0.2, -0.15) is 0 Å². The number of hydrogen-bond donors (Lipinski definition) is 2. The highest BCUT2D eigenvalue weighted by atomic mass is 32.2. The molecule has 32 heavy (non-hydrogen) atoms. The molecular formula is C24H21N5O2S. The summed E-state index contributed by atoms with van der Waals surface area (Å²) in [5, 5.41) is 9.29. The summed E-state index contributed by atoms with van der Waals surface area (Å²) >= 11 is 1.25. The third-order valence-electron chi connectivity index (χ3n) is 4.60. The first-order valence-electron chi connectivity index (χ1n) is 10.0. The van der Waals surface area contributed by atoms with Crippen molar-refractivity contribution in [3.8, 4) is 5.69 Å². The standard InChI is InChI=1S/C24H21N5O2S/c30-22(26-27-23(31)19-12-6-2-7-13-19)17-32-24-28-25-21(16-18-10-4-1-5-11-18)29(24)20-14-8-3-9-15-20/h1-15H,16-17H2,(H,26,30)(H,27,31). The Morgan fingerprint density at radius 1 is 0.781 bits per heavy atom. The van der Waals surface area contributed by atoms with Gasteiger partial charge >= 0.3 is 0 Å². The average molecular weight is 444 g/mol. The zero-order valence-corrected chi connectivity index (χ0v) is 18.0. The van der Waals surface area contributed by atoms with Gasteiger partial charge in [-0.1, -0.05) is 78.5 Å². The number of aromatic nitrogens is 3. The maximum Gasteiger partial charge on any atom is 0.269 e. The summed E-state index contributed by atoms with van der Waals surface area (Å²) in [7, 11) is 0. The monoisotopic (exact) mass is 443 g/mol. The molecule has 3 aromatic carbocycles. The Bertz CT molecular complexity index is 1180. The highest BCUT2D eigenvalue weighted by molar-refractivity contribution is 7.99. The number of para-hydroxylation sites is 1. The lowest BCUT2D eigenvalue weighted by molar-refractivity contribution is -0.119. The quantitative estimate of drug-likeness (QED) is 0.338. The first-order chi connectivity index (χ1) is 15.7. The number of amides is 2. The summed E-state index contributed by atoms with van der Waals surface area (Å²) in [5.41, 5.74) is 7.37. The summed E-state index contributed by atoms with van der Waals surface area (Å²) in [6, 6.07) is 28.5. The van der Waals surface area contributed by atoms with Gasteiger partial charge in [0.25, 0.3) is 5.91 Å². The second-order valence-corrected chi connectivity index (χ2v) is 7.83. The van der Waals surface area contributed by atoms with E-state index in [1.807, 2.05) is 71.3 Å². The van der Waals surface area contributed by atoms with Crippen molar-refractivity contribution in [1.82, 2.24) is 25.6 Å². The predicted molar refractivity (Wildman–Crippen MR) is 123 cm³/mol. The normalized spacial score (nSPS) is 10.5. The zero-order chi connectivity index (χ0) is 22.2. The summed E-state index contributed by atoms with van der Waals surface area (Å²) in [4.78, 5) is 24.4. The summed E-state index contributed by atoms with van der Waals surface area (Å²) in [6.07, 6.45) is 0.614. The lowest BCUT2D eigenvalue weighted by Crippen LogP contribution is -2.42. The number of hydrogen-bond acceptors (Lipinski definition) is 5. The highest BCUT2D eigenvalue weighted by Crippen LogP contribution is 2.23. The van der Waals surface area contributed by atoms with Crippen LogP contribution < -0.4 is 10.9 Å². The fourth-order valence-electron chi connectivity index (χ4n) is 3.08. The molecule has 1 heterocycles. The van der Waals surface area contributed by atoms with Crippen LogP contribution in [0.2, 0.25) is 0 Å².